The van der Waals surface area contributed by atoms with E-state index in [-0.39, 0.29) is 6.61 Å². The maximum Gasteiger partial charge on any atom is 0.273 e. The first-order valence-electron chi connectivity index (χ1n) is 6.39. The lowest BCUT2D eigenvalue weighted by Crippen LogP contribution is -2.40. The van der Waals surface area contributed by atoms with Crippen molar-refractivity contribution in [2.75, 3.05) is 19.7 Å². The number of rotatable bonds is 5. The summed E-state index contributed by atoms with van der Waals surface area (Å²) < 4.78 is 32.9. The third-order valence-corrected chi connectivity index (χ3v) is 3.34. The van der Waals surface area contributed by atoms with Crippen molar-refractivity contribution in [3.63, 3.8) is 0 Å². The highest BCUT2D eigenvalue weighted by atomic mass is 19.3. The summed E-state index contributed by atoms with van der Waals surface area (Å²) in [6.07, 6.45) is 1.06. The molecule has 1 N–H and O–H groups in total. The van der Waals surface area contributed by atoms with E-state index in [0.29, 0.717) is 25.9 Å². The molecule has 18 heavy (non-hydrogen) atoms. The summed E-state index contributed by atoms with van der Waals surface area (Å²) in [5.41, 5.74) is 0.929. The molecule has 0 aromatic heterocycles. The van der Waals surface area contributed by atoms with E-state index in [1.807, 2.05) is 30.3 Å². The Hall–Kier alpha value is -1.00. The minimum atomic E-state index is -2.71. The van der Waals surface area contributed by atoms with Crippen LogP contribution in [0, 0.1) is 5.92 Å². The van der Waals surface area contributed by atoms with Crippen LogP contribution in [-0.4, -0.2) is 25.6 Å². The molecule has 1 heterocycles. The van der Waals surface area contributed by atoms with Crippen molar-refractivity contribution >= 4 is 0 Å². The van der Waals surface area contributed by atoms with Gasteiger partial charge in [-0.2, -0.15) is 0 Å². The van der Waals surface area contributed by atoms with E-state index >= 15 is 0 Å². The lowest BCUT2D eigenvalue weighted by molar-refractivity contribution is -0.127. The van der Waals surface area contributed by atoms with Crippen LogP contribution in [0.25, 0.3) is 0 Å². The van der Waals surface area contributed by atoms with Gasteiger partial charge in [-0.1, -0.05) is 30.3 Å². The van der Waals surface area contributed by atoms with Crippen molar-refractivity contribution in [1.82, 2.24) is 5.32 Å². The standard InChI is InChI=1S/C14H19F2NO/c15-14(16,13-6-8-17-9-7-13)11-18-10-12-4-2-1-3-5-12/h1-5,13,17H,6-11H2. The molecule has 1 fully saturated rings. The second-order valence-corrected chi connectivity index (χ2v) is 4.76. The van der Waals surface area contributed by atoms with E-state index in [1.54, 1.807) is 0 Å². The zero-order chi connectivity index (χ0) is 12.8. The van der Waals surface area contributed by atoms with E-state index in [9.17, 15) is 8.78 Å². The van der Waals surface area contributed by atoms with Crippen molar-refractivity contribution in [2.24, 2.45) is 5.92 Å². The largest absolute Gasteiger partial charge is 0.371 e. The van der Waals surface area contributed by atoms with Crippen LogP contribution in [0.5, 0.6) is 0 Å². The van der Waals surface area contributed by atoms with Crippen molar-refractivity contribution < 1.29 is 13.5 Å². The first-order valence-corrected chi connectivity index (χ1v) is 6.39. The Kier molecular flexibility index (Phi) is 4.66. The minimum Gasteiger partial charge on any atom is -0.371 e. The van der Waals surface area contributed by atoms with E-state index in [4.69, 9.17) is 4.74 Å². The van der Waals surface area contributed by atoms with Gasteiger partial charge >= 0.3 is 0 Å². The Bertz CT molecular complexity index is 350. The molecule has 1 saturated heterocycles. The molecule has 1 aromatic carbocycles. The number of alkyl halides is 2. The van der Waals surface area contributed by atoms with Crippen LogP contribution in [0.4, 0.5) is 8.78 Å². The molecule has 0 bridgehead atoms. The van der Waals surface area contributed by atoms with Gasteiger partial charge in [0.15, 0.2) is 0 Å². The van der Waals surface area contributed by atoms with Crippen molar-refractivity contribution in [3.8, 4) is 0 Å². The molecule has 0 amide bonds. The second-order valence-electron chi connectivity index (χ2n) is 4.76. The van der Waals surface area contributed by atoms with Crippen molar-refractivity contribution in [3.05, 3.63) is 35.9 Å². The van der Waals surface area contributed by atoms with Crippen LogP contribution < -0.4 is 5.32 Å². The third-order valence-electron chi connectivity index (χ3n) is 3.34. The SMILES string of the molecule is FC(F)(COCc1ccccc1)C1CCNCC1. The zero-order valence-corrected chi connectivity index (χ0v) is 10.4. The summed E-state index contributed by atoms with van der Waals surface area (Å²) >= 11 is 0. The number of hydrogen-bond acceptors (Lipinski definition) is 2. The molecule has 2 rings (SSSR count). The molecular weight excluding hydrogens is 236 g/mol. The van der Waals surface area contributed by atoms with Gasteiger partial charge in [0.1, 0.15) is 6.61 Å². The quantitative estimate of drug-likeness (QED) is 0.873. The average molecular weight is 255 g/mol. The van der Waals surface area contributed by atoms with E-state index in [2.05, 4.69) is 5.32 Å². The summed E-state index contributed by atoms with van der Waals surface area (Å²) in [7, 11) is 0. The second kappa shape index (κ2) is 6.25. The first-order chi connectivity index (χ1) is 8.68. The summed E-state index contributed by atoms with van der Waals surface area (Å²) in [5.74, 6) is -3.26. The van der Waals surface area contributed by atoms with Gasteiger partial charge in [0.25, 0.3) is 5.92 Å². The highest BCUT2D eigenvalue weighted by Gasteiger charge is 2.39. The summed E-state index contributed by atoms with van der Waals surface area (Å²) in [5, 5.41) is 3.09. The Morgan fingerprint density at radius 1 is 1.17 bits per heavy atom. The molecule has 1 aliphatic heterocycles. The Morgan fingerprint density at radius 2 is 1.83 bits per heavy atom. The fourth-order valence-corrected chi connectivity index (χ4v) is 2.24. The Labute approximate surface area is 106 Å². The monoisotopic (exact) mass is 255 g/mol. The maximum atomic E-state index is 13.9. The normalized spacial score (nSPS) is 17.9. The van der Waals surface area contributed by atoms with Crippen molar-refractivity contribution in [2.45, 2.75) is 25.4 Å². The topological polar surface area (TPSA) is 21.3 Å². The maximum absolute atomic E-state index is 13.9. The molecule has 0 atom stereocenters. The molecule has 100 valence electrons. The Morgan fingerprint density at radius 3 is 2.50 bits per heavy atom. The molecule has 0 spiro atoms. The van der Waals surface area contributed by atoms with Crippen LogP contribution in [0.15, 0.2) is 30.3 Å². The molecule has 0 unspecified atom stereocenters. The van der Waals surface area contributed by atoms with Crippen molar-refractivity contribution in [1.29, 1.82) is 0 Å². The highest BCUT2D eigenvalue weighted by molar-refractivity contribution is 5.13. The number of benzene rings is 1. The van der Waals surface area contributed by atoms with Gasteiger partial charge in [-0.3, -0.25) is 0 Å². The van der Waals surface area contributed by atoms with Crippen LogP contribution in [0.2, 0.25) is 0 Å². The average Bonchev–Trinajstić information content (AvgIpc) is 2.41. The van der Waals surface area contributed by atoms with Gasteiger partial charge in [0.2, 0.25) is 0 Å². The lowest BCUT2D eigenvalue weighted by atomic mass is 9.92. The van der Waals surface area contributed by atoms with E-state index in [1.165, 1.54) is 0 Å². The van der Waals surface area contributed by atoms with Crippen LogP contribution in [0.1, 0.15) is 18.4 Å². The predicted molar refractivity (Wildman–Crippen MR) is 66.6 cm³/mol. The molecule has 1 aromatic rings. The van der Waals surface area contributed by atoms with Gasteiger partial charge in [-0.25, -0.2) is 8.78 Å². The number of hydrogen-bond donors (Lipinski definition) is 1. The summed E-state index contributed by atoms with van der Waals surface area (Å²) in [6, 6.07) is 9.41. The lowest BCUT2D eigenvalue weighted by Gasteiger charge is -2.30. The number of nitrogens with one attached hydrogen (secondary N) is 1. The van der Waals surface area contributed by atoms with Crippen LogP contribution in [-0.2, 0) is 11.3 Å². The fraction of sp³-hybridized carbons (Fsp3) is 0.571. The zero-order valence-electron chi connectivity index (χ0n) is 10.4. The molecule has 0 aliphatic carbocycles. The van der Waals surface area contributed by atoms with Gasteiger partial charge in [0.05, 0.1) is 6.61 Å². The predicted octanol–water partition coefficient (Wildman–Crippen LogP) is 2.84. The van der Waals surface area contributed by atoms with E-state index in [0.717, 1.165) is 5.56 Å². The highest BCUT2D eigenvalue weighted by Crippen LogP contribution is 2.31. The fourth-order valence-electron chi connectivity index (χ4n) is 2.24. The van der Waals surface area contributed by atoms with Gasteiger partial charge in [-0.05, 0) is 31.5 Å². The molecule has 0 saturated carbocycles. The number of piperidine rings is 1. The molecule has 0 radical (unpaired) electrons. The molecule has 2 nitrogen and oxygen atoms in total. The van der Waals surface area contributed by atoms with Gasteiger partial charge < -0.3 is 10.1 Å². The third kappa shape index (κ3) is 3.75. The number of halogens is 2. The summed E-state index contributed by atoms with van der Waals surface area (Å²) in [6.45, 7) is 1.13. The molecule has 4 heteroatoms. The van der Waals surface area contributed by atoms with Gasteiger partial charge in [-0.15, -0.1) is 0 Å². The van der Waals surface area contributed by atoms with Gasteiger partial charge in [0, 0.05) is 5.92 Å². The minimum absolute atomic E-state index is 0.251. The summed E-state index contributed by atoms with van der Waals surface area (Å²) in [4.78, 5) is 0. The smallest absolute Gasteiger partial charge is 0.273 e. The van der Waals surface area contributed by atoms with E-state index < -0.39 is 18.4 Å². The molecule has 1 aliphatic rings. The molecular formula is C14H19F2NO. The van der Waals surface area contributed by atoms with Crippen LogP contribution >= 0.6 is 0 Å². The van der Waals surface area contributed by atoms with Crippen LogP contribution in [0.3, 0.4) is 0 Å². The Balaban J connectivity index is 1.77. The number of ether oxygens (including phenoxy) is 1. The first kappa shape index (κ1) is 13.4.